The van der Waals surface area contributed by atoms with Gasteiger partial charge in [-0.2, -0.15) is 0 Å². The van der Waals surface area contributed by atoms with Crippen LogP contribution in [0.15, 0.2) is 35.2 Å². The molecule has 2 aliphatic rings. The van der Waals surface area contributed by atoms with Crippen LogP contribution < -0.4 is 9.80 Å². The summed E-state index contributed by atoms with van der Waals surface area (Å²) in [6.45, 7) is 12.3. The molecule has 0 saturated carbocycles. The normalized spacial score (nSPS) is 17.3. The van der Waals surface area contributed by atoms with Gasteiger partial charge in [0.1, 0.15) is 11.6 Å². The monoisotopic (exact) mass is 413 g/mol. The van der Waals surface area contributed by atoms with E-state index in [-0.39, 0.29) is 5.91 Å². The molecule has 2 aromatic rings. The molecule has 1 amide bonds. The van der Waals surface area contributed by atoms with Crippen LogP contribution in [-0.4, -0.2) is 59.4 Å². The number of rotatable bonds is 3. The van der Waals surface area contributed by atoms with Gasteiger partial charge in [-0.25, -0.2) is 9.97 Å². The average molecular weight is 414 g/mol. The predicted octanol–water partition coefficient (Wildman–Crippen LogP) is 3.73. The van der Waals surface area contributed by atoms with Crippen LogP contribution in [0.2, 0.25) is 0 Å². The number of anilines is 2. The predicted molar refractivity (Wildman–Crippen MR) is 121 cm³/mol. The van der Waals surface area contributed by atoms with E-state index in [9.17, 15) is 4.79 Å². The van der Waals surface area contributed by atoms with Gasteiger partial charge in [-0.05, 0) is 26.0 Å². The minimum Gasteiger partial charge on any atom is -0.354 e. The Morgan fingerprint density at radius 2 is 1.76 bits per heavy atom. The number of fused-ring (bicyclic) bond motifs is 1. The molecule has 0 unspecified atom stereocenters. The van der Waals surface area contributed by atoms with Gasteiger partial charge in [-0.1, -0.05) is 26.0 Å². The van der Waals surface area contributed by atoms with Crippen LogP contribution in [0.25, 0.3) is 0 Å². The lowest BCUT2D eigenvalue weighted by atomic mass is 10.2. The summed E-state index contributed by atoms with van der Waals surface area (Å²) >= 11 is 1.78. The van der Waals surface area contributed by atoms with E-state index in [0.29, 0.717) is 13.1 Å². The van der Waals surface area contributed by atoms with Gasteiger partial charge < -0.3 is 4.90 Å². The molecule has 0 spiro atoms. The highest BCUT2D eigenvalue weighted by Crippen LogP contribution is 2.34. The zero-order chi connectivity index (χ0) is 20.8. The molecule has 0 bridgehead atoms. The molecule has 1 saturated heterocycles. The van der Waals surface area contributed by atoms with Crippen molar-refractivity contribution in [1.29, 1.82) is 0 Å². The largest absolute Gasteiger partial charge is 0.354 e. The Kier molecular flexibility index (Phi) is 7.50. The Morgan fingerprint density at radius 1 is 1.03 bits per heavy atom. The second-order valence-electron chi connectivity index (χ2n) is 7.05. The Hall–Kier alpha value is -2.12. The van der Waals surface area contributed by atoms with Gasteiger partial charge in [-0.15, -0.1) is 11.8 Å². The number of carbonyl (C=O) groups is 1. The van der Waals surface area contributed by atoms with E-state index in [4.69, 9.17) is 0 Å². The van der Waals surface area contributed by atoms with Crippen LogP contribution in [0.3, 0.4) is 0 Å². The van der Waals surface area contributed by atoms with E-state index < -0.39 is 0 Å². The number of carbonyl (C=O) groups excluding carboxylic acids is 1. The standard InChI is InChI=1S/C20H25N5OS.C2H6/c1-15-13-19(22-16(2)21-15)24-10-8-23(9-11-24)14-25-17-5-3-4-6-18(17)27-12-7-20(25)26;1-2/h3-6,13H,7-12,14H2,1-2H3;1-2H3. The molecule has 1 fully saturated rings. The zero-order valence-electron chi connectivity index (χ0n) is 17.9. The summed E-state index contributed by atoms with van der Waals surface area (Å²) in [7, 11) is 0. The van der Waals surface area contributed by atoms with Crippen molar-refractivity contribution >= 4 is 29.2 Å². The zero-order valence-corrected chi connectivity index (χ0v) is 18.7. The quantitative estimate of drug-likeness (QED) is 0.764. The van der Waals surface area contributed by atoms with Crippen LogP contribution in [0.1, 0.15) is 31.8 Å². The third-order valence-corrected chi connectivity index (χ3v) is 6.09. The fourth-order valence-corrected chi connectivity index (χ4v) is 4.65. The number of aryl methyl sites for hydroxylation is 2. The molecule has 4 rings (SSSR count). The van der Waals surface area contributed by atoms with Crippen molar-refractivity contribution in [3.8, 4) is 0 Å². The maximum atomic E-state index is 12.7. The molecule has 0 N–H and O–H groups in total. The van der Waals surface area contributed by atoms with Gasteiger partial charge in [0, 0.05) is 55.0 Å². The number of aromatic nitrogens is 2. The molecule has 1 aromatic carbocycles. The Balaban J connectivity index is 0.00000117. The average Bonchev–Trinajstić information content (AvgIpc) is 2.88. The molecule has 6 nitrogen and oxygen atoms in total. The summed E-state index contributed by atoms with van der Waals surface area (Å²) in [5, 5.41) is 0. The molecular weight excluding hydrogens is 382 g/mol. The van der Waals surface area contributed by atoms with E-state index in [1.165, 1.54) is 4.90 Å². The van der Waals surface area contributed by atoms with Gasteiger partial charge in [0.05, 0.1) is 12.4 Å². The Bertz CT molecular complexity index is 815. The van der Waals surface area contributed by atoms with Crippen molar-refractivity contribution in [2.75, 3.05) is 48.4 Å². The number of thioether (sulfide) groups is 1. The SMILES string of the molecule is CC.Cc1cc(N2CCN(CN3C(=O)CCSc4ccccc43)CC2)nc(C)n1. The van der Waals surface area contributed by atoms with Gasteiger partial charge in [0.15, 0.2) is 0 Å². The first-order valence-electron chi connectivity index (χ1n) is 10.4. The maximum absolute atomic E-state index is 12.7. The van der Waals surface area contributed by atoms with Crippen molar-refractivity contribution in [2.45, 2.75) is 39.0 Å². The minimum atomic E-state index is 0.219. The number of hydrogen-bond donors (Lipinski definition) is 0. The van der Waals surface area contributed by atoms with Gasteiger partial charge in [0.2, 0.25) is 5.91 Å². The molecule has 0 atom stereocenters. The molecule has 7 heteroatoms. The molecule has 29 heavy (non-hydrogen) atoms. The highest BCUT2D eigenvalue weighted by atomic mass is 32.2. The van der Waals surface area contributed by atoms with Crippen LogP contribution in [0.5, 0.6) is 0 Å². The maximum Gasteiger partial charge on any atom is 0.228 e. The summed E-state index contributed by atoms with van der Waals surface area (Å²) in [5.41, 5.74) is 2.05. The van der Waals surface area contributed by atoms with Gasteiger partial charge in [0.25, 0.3) is 0 Å². The number of hydrogen-bond acceptors (Lipinski definition) is 6. The fourth-order valence-electron chi connectivity index (χ4n) is 3.65. The first-order chi connectivity index (χ1) is 14.1. The van der Waals surface area contributed by atoms with E-state index in [2.05, 4.69) is 38.0 Å². The summed E-state index contributed by atoms with van der Waals surface area (Å²) in [5.74, 6) is 2.90. The van der Waals surface area contributed by atoms with E-state index in [0.717, 1.165) is 55.0 Å². The van der Waals surface area contributed by atoms with Gasteiger partial charge in [-0.3, -0.25) is 14.6 Å². The lowest BCUT2D eigenvalue weighted by molar-refractivity contribution is -0.118. The topological polar surface area (TPSA) is 52.6 Å². The lowest BCUT2D eigenvalue weighted by Gasteiger charge is -2.38. The van der Waals surface area contributed by atoms with Crippen molar-refractivity contribution < 1.29 is 4.79 Å². The Labute approximate surface area is 178 Å². The highest BCUT2D eigenvalue weighted by molar-refractivity contribution is 7.99. The van der Waals surface area contributed by atoms with Crippen LogP contribution in [0.4, 0.5) is 11.5 Å². The molecule has 0 aliphatic carbocycles. The third-order valence-electron chi connectivity index (χ3n) is 5.02. The molecule has 2 aliphatic heterocycles. The summed E-state index contributed by atoms with van der Waals surface area (Å²) in [6, 6.07) is 10.3. The smallest absolute Gasteiger partial charge is 0.228 e. The summed E-state index contributed by atoms with van der Waals surface area (Å²) in [4.78, 5) is 29.5. The molecule has 3 heterocycles. The molecular formula is C22H31N5OS. The van der Waals surface area contributed by atoms with Crippen molar-refractivity contribution in [3.05, 3.63) is 41.9 Å². The van der Waals surface area contributed by atoms with Crippen molar-refractivity contribution in [1.82, 2.24) is 14.9 Å². The van der Waals surface area contributed by atoms with E-state index in [1.807, 2.05) is 44.7 Å². The van der Waals surface area contributed by atoms with E-state index in [1.54, 1.807) is 11.8 Å². The van der Waals surface area contributed by atoms with E-state index >= 15 is 0 Å². The van der Waals surface area contributed by atoms with Crippen molar-refractivity contribution in [2.24, 2.45) is 0 Å². The van der Waals surface area contributed by atoms with Crippen LogP contribution >= 0.6 is 11.8 Å². The van der Waals surface area contributed by atoms with Gasteiger partial charge >= 0.3 is 0 Å². The second-order valence-corrected chi connectivity index (χ2v) is 8.19. The fraction of sp³-hybridized carbons (Fsp3) is 0.500. The first kappa shape index (κ1) is 21.6. The first-order valence-corrected chi connectivity index (χ1v) is 11.4. The number of benzene rings is 1. The van der Waals surface area contributed by atoms with Crippen LogP contribution in [-0.2, 0) is 4.79 Å². The number of piperazine rings is 1. The number of nitrogens with zero attached hydrogens (tertiary/aromatic N) is 5. The Morgan fingerprint density at radius 3 is 2.48 bits per heavy atom. The van der Waals surface area contributed by atoms with Crippen molar-refractivity contribution in [3.63, 3.8) is 0 Å². The number of para-hydroxylation sites is 1. The van der Waals surface area contributed by atoms with Crippen LogP contribution in [0, 0.1) is 13.8 Å². The molecule has 156 valence electrons. The highest BCUT2D eigenvalue weighted by Gasteiger charge is 2.26. The summed E-state index contributed by atoms with van der Waals surface area (Å²) in [6.07, 6.45) is 0.596. The number of amides is 1. The lowest BCUT2D eigenvalue weighted by Crippen LogP contribution is -2.51. The summed E-state index contributed by atoms with van der Waals surface area (Å²) < 4.78 is 0. The molecule has 1 aromatic heterocycles. The minimum absolute atomic E-state index is 0.219. The second kappa shape index (κ2) is 10.1. The molecule has 0 radical (unpaired) electrons. The third kappa shape index (κ3) is 5.28.